The lowest BCUT2D eigenvalue weighted by atomic mass is 9.86. The average Bonchev–Trinajstić information content (AvgIpc) is 3.96. The topological polar surface area (TPSA) is 55.3 Å². The normalized spacial score (nSPS) is 14.9. The molecule has 0 saturated heterocycles. The van der Waals surface area contributed by atoms with Crippen LogP contribution in [0.5, 0.6) is 0 Å². The second-order valence-electron chi connectivity index (χ2n) is 14.8. The number of furan rings is 2. The molecule has 0 saturated carbocycles. The first-order valence-corrected chi connectivity index (χ1v) is 19.4. The number of para-hydroxylation sites is 4. The minimum atomic E-state index is 0.144. The van der Waals surface area contributed by atoms with E-state index in [9.17, 15) is 0 Å². The van der Waals surface area contributed by atoms with Crippen LogP contribution in [-0.4, -0.2) is 9.97 Å². The van der Waals surface area contributed by atoms with Crippen molar-refractivity contribution < 1.29 is 8.83 Å². The Kier molecular flexibility index (Phi) is 6.99. The summed E-state index contributed by atoms with van der Waals surface area (Å²) in [6.45, 7) is 0. The maximum absolute atomic E-state index is 7.03. The SMILES string of the molecule is C1=C(c2cccc3c2oc2c(-c4cc(-c5ccccc5)nc(-c5ccccc5)n4)cccc23)C=C2C(C1)c1c(ccc3c1oc1ccccc13)N2c1ccccc1. The summed E-state index contributed by atoms with van der Waals surface area (Å²) < 4.78 is 13.7. The van der Waals surface area contributed by atoms with Gasteiger partial charge in [0, 0.05) is 66.7 Å². The molecule has 4 heterocycles. The number of anilines is 2. The van der Waals surface area contributed by atoms with Gasteiger partial charge >= 0.3 is 0 Å². The molecule has 0 fully saturated rings. The first kappa shape index (κ1) is 31.8. The number of allylic oxidation sites excluding steroid dienone is 4. The van der Waals surface area contributed by atoms with Crippen LogP contribution in [0.1, 0.15) is 23.5 Å². The van der Waals surface area contributed by atoms with Gasteiger partial charge < -0.3 is 13.7 Å². The molecule has 57 heavy (non-hydrogen) atoms. The molecule has 1 unspecified atom stereocenters. The largest absolute Gasteiger partial charge is 0.456 e. The highest BCUT2D eigenvalue weighted by atomic mass is 16.3. The molecule has 1 atom stereocenters. The molecule has 0 radical (unpaired) electrons. The highest BCUT2D eigenvalue weighted by molar-refractivity contribution is 6.13. The van der Waals surface area contributed by atoms with Gasteiger partial charge in [0.15, 0.2) is 5.82 Å². The molecule has 3 aromatic heterocycles. The van der Waals surface area contributed by atoms with E-state index in [4.69, 9.17) is 18.8 Å². The highest BCUT2D eigenvalue weighted by Gasteiger charge is 2.39. The fourth-order valence-electron chi connectivity index (χ4n) is 9.00. The number of rotatable bonds is 5. The predicted octanol–water partition coefficient (Wildman–Crippen LogP) is 13.9. The van der Waals surface area contributed by atoms with Gasteiger partial charge in [0.25, 0.3) is 0 Å². The van der Waals surface area contributed by atoms with Crippen molar-refractivity contribution in [2.75, 3.05) is 4.90 Å². The van der Waals surface area contributed by atoms with Crippen molar-refractivity contribution in [2.45, 2.75) is 12.3 Å². The zero-order valence-corrected chi connectivity index (χ0v) is 30.8. The van der Waals surface area contributed by atoms with Gasteiger partial charge in [-0.05, 0) is 60.5 Å². The number of nitrogens with zero attached hydrogens (tertiary/aromatic N) is 3. The first-order valence-electron chi connectivity index (χ1n) is 19.4. The Labute approximate surface area is 328 Å². The van der Waals surface area contributed by atoms with Crippen molar-refractivity contribution in [3.8, 4) is 33.9 Å². The molecular weight excluding hydrogens is 699 g/mol. The quantitative estimate of drug-likeness (QED) is 0.176. The van der Waals surface area contributed by atoms with E-state index in [1.807, 2.05) is 42.5 Å². The molecule has 0 spiro atoms. The molecule has 2 aliphatic rings. The number of aromatic nitrogens is 2. The van der Waals surface area contributed by atoms with Gasteiger partial charge in [0.05, 0.1) is 17.1 Å². The van der Waals surface area contributed by atoms with Crippen molar-refractivity contribution in [1.29, 1.82) is 0 Å². The second kappa shape index (κ2) is 12.5. The molecule has 7 aromatic carbocycles. The first-order chi connectivity index (χ1) is 28.3. The molecule has 1 aliphatic carbocycles. The summed E-state index contributed by atoms with van der Waals surface area (Å²) in [5.41, 5.74) is 15.2. The van der Waals surface area contributed by atoms with Crippen LogP contribution in [0.4, 0.5) is 11.4 Å². The van der Waals surface area contributed by atoms with E-state index in [2.05, 4.69) is 144 Å². The van der Waals surface area contributed by atoms with Gasteiger partial charge in [-0.3, -0.25) is 0 Å². The van der Waals surface area contributed by atoms with E-state index in [0.29, 0.717) is 5.82 Å². The maximum atomic E-state index is 7.03. The molecule has 1 aliphatic heterocycles. The van der Waals surface area contributed by atoms with Crippen LogP contribution in [0, 0.1) is 0 Å². The van der Waals surface area contributed by atoms with Crippen molar-refractivity contribution in [3.63, 3.8) is 0 Å². The fraction of sp³-hybridized carbons (Fsp3) is 0.0385. The van der Waals surface area contributed by atoms with Gasteiger partial charge in [-0.1, -0.05) is 133 Å². The lowest BCUT2D eigenvalue weighted by Crippen LogP contribution is -2.15. The Morgan fingerprint density at radius 3 is 1.93 bits per heavy atom. The third kappa shape index (κ3) is 4.95. The van der Waals surface area contributed by atoms with Crippen LogP contribution in [-0.2, 0) is 0 Å². The molecule has 5 heteroatoms. The minimum absolute atomic E-state index is 0.144. The van der Waals surface area contributed by atoms with Crippen LogP contribution in [0.25, 0.3) is 83.4 Å². The van der Waals surface area contributed by atoms with Crippen molar-refractivity contribution in [2.24, 2.45) is 0 Å². The van der Waals surface area contributed by atoms with Crippen LogP contribution >= 0.6 is 0 Å². The number of benzene rings is 7. The smallest absolute Gasteiger partial charge is 0.160 e. The number of hydrogen-bond donors (Lipinski definition) is 0. The monoisotopic (exact) mass is 731 g/mol. The molecule has 12 rings (SSSR count). The summed E-state index contributed by atoms with van der Waals surface area (Å²) in [5.74, 6) is 0.819. The van der Waals surface area contributed by atoms with E-state index in [-0.39, 0.29) is 5.92 Å². The van der Waals surface area contributed by atoms with Crippen molar-refractivity contribution >= 4 is 60.8 Å². The average molecular weight is 732 g/mol. The van der Waals surface area contributed by atoms with Gasteiger partial charge in [-0.25, -0.2) is 9.97 Å². The van der Waals surface area contributed by atoms with Crippen molar-refractivity contribution in [3.05, 3.63) is 199 Å². The molecular formula is C52H33N3O2. The third-order valence-corrected chi connectivity index (χ3v) is 11.6. The number of fused-ring (bicyclic) bond motifs is 10. The molecule has 0 amide bonds. The van der Waals surface area contributed by atoms with Gasteiger partial charge in [0.1, 0.15) is 22.3 Å². The van der Waals surface area contributed by atoms with Crippen LogP contribution < -0.4 is 4.90 Å². The summed E-state index contributed by atoms with van der Waals surface area (Å²) >= 11 is 0. The van der Waals surface area contributed by atoms with Gasteiger partial charge in [-0.15, -0.1) is 0 Å². The van der Waals surface area contributed by atoms with Crippen molar-refractivity contribution in [1.82, 2.24) is 9.97 Å². The van der Waals surface area contributed by atoms with E-state index in [0.717, 1.165) is 95.2 Å². The Bertz CT molecular complexity index is 3210. The Morgan fingerprint density at radius 1 is 0.509 bits per heavy atom. The number of hydrogen-bond acceptors (Lipinski definition) is 5. The molecule has 5 nitrogen and oxygen atoms in total. The molecule has 268 valence electrons. The van der Waals surface area contributed by atoms with Crippen LogP contribution in [0.15, 0.2) is 197 Å². The Balaban J connectivity index is 1.02. The van der Waals surface area contributed by atoms with Crippen LogP contribution in [0.3, 0.4) is 0 Å². The van der Waals surface area contributed by atoms with Gasteiger partial charge in [-0.2, -0.15) is 0 Å². The summed E-state index contributed by atoms with van der Waals surface area (Å²) in [6.07, 6.45) is 5.57. The summed E-state index contributed by atoms with van der Waals surface area (Å²) in [6, 6.07) is 58.9. The lowest BCUT2D eigenvalue weighted by molar-refractivity contribution is 0.658. The Morgan fingerprint density at radius 2 is 1.14 bits per heavy atom. The molecule has 0 bridgehead atoms. The summed E-state index contributed by atoms with van der Waals surface area (Å²) in [4.78, 5) is 12.6. The summed E-state index contributed by atoms with van der Waals surface area (Å²) in [7, 11) is 0. The fourth-order valence-corrected chi connectivity index (χ4v) is 9.00. The Hall–Kier alpha value is -7.50. The second-order valence-corrected chi connectivity index (χ2v) is 14.8. The highest BCUT2D eigenvalue weighted by Crippen LogP contribution is 2.55. The molecule has 0 N–H and O–H groups in total. The zero-order chi connectivity index (χ0) is 37.5. The van der Waals surface area contributed by atoms with Crippen LogP contribution in [0.2, 0.25) is 0 Å². The lowest BCUT2D eigenvalue weighted by Gasteiger charge is -2.26. The van der Waals surface area contributed by atoms with E-state index in [1.54, 1.807) is 0 Å². The predicted molar refractivity (Wildman–Crippen MR) is 231 cm³/mol. The zero-order valence-electron chi connectivity index (χ0n) is 30.8. The maximum Gasteiger partial charge on any atom is 0.160 e. The minimum Gasteiger partial charge on any atom is -0.456 e. The molecule has 10 aromatic rings. The standard InChI is InChI=1S/C52H33N3O2/c1-4-14-32(15-5-1)43-31-44(54-52(53-43)33-16-6-2-7-17-33)41-24-13-23-39-38-22-12-21-36(49(38)57-50(39)41)34-26-27-42-46(30-34)55(35-18-8-3-9-19-35)45-29-28-40-37-20-10-11-25-47(37)56-51(40)48(42)45/h1-26,28-31,42H,27H2. The third-order valence-electron chi connectivity index (χ3n) is 11.6. The van der Waals surface area contributed by atoms with E-state index >= 15 is 0 Å². The summed E-state index contributed by atoms with van der Waals surface area (Å²) in [5, 5.41) is 4.44. The van der Waals surface area contributed by atoms with E-state index in [1.165, 1.54) is 16.9 Å². The van der Waals surface area contributed by atoms with E-state index < -0.39 is 0 Å². The van der Waals surface area contributed by atoms with Gasteiger partial charge in [0.2, 0.25) is 0 Å².